The standard InChI is InChI=1S/C22H20F5NO6/c1-22(2,3)34-21(31)28-12(9-13(29)32-10-11-7-5-4-6-8-11)20(30)33-19-17(26)15(24)14(23)16(25)18(19)27/h4-8,12H,9-10H2,1-3H3,(H,28,31)/t12-/m1/s1. The summed E-state index contributed by atoms with van der Waals surface area (Å²) in [4.78, 5) is 36.7. The zero-order chi connectivity index (χ0) is 25.6. The number of benzene rings is 2. The van der Waals surface area contributed by atoms with Crippen LogP contribution in [0.4, 0.5) is 26.7 Å². The van der Waals surface area contributed by atoms with E-state index in [2.05, 4.69) is 4.74 Å². The number of hydrogen-bond donors (Lipinski definition) is 1. The number of alkyl carbamates (subject to hydrolysis) is 1. The quantitative estimate of drug-likeness (QED) is 0.205. The minimum Gasteiger partial charge on any atom is -0.461 e. The number of halogens is 5. The molecule has 12 heteroatoms. The van der Waals surface area contributed by atoms with Gasteiger partial charge in [-0.15, -0.1) is 0 Å². The highest BCUT2D eigenvalue weighted by molar-refractivity contribution is 5.87. The average Bonchev–Trinajstić information content (AvgIpc) is 2.76. The van der Waals surface area contributed by atoms with E-state index in [9.17, 15) is 36.3 Å². The molecule has 0 aliphatic carbocycles. The minimum atomic E-state index is -2.46. The Morgan fingerprint density at radius 1 is 0.882 bits per heavy atom. The third kappa shape index (κ3) is 7.15. The molecule has 1 amide bonds. The summed E-state index contributed by atoms with van der Waals surface area (Å²) in [5, 5.41) is 1.96. The minimum absolute atomic E-state index is 0.203. The van der Waals surface area contributed by atoms with Gasteiger partial charge in [0.2, 0.25) is 34.8 Å². The molecule has 0 heterocycles. The molecule has 0 fully saturated rings. The molecule has 0 unspecified atom stereocenters. The van der Waals surface area contributed by atoms with Gasteiger partial charge in [0.1, 0.15) is 18.2 Å². The van der Waals surface area contributed by atoms with Crippen molar-refractivity contribution in [1.29, 1.82) is 0 Å². The Morgan fingerprint density at radius 2 is 1.41 bits per heavy atom. The Hall–Kier alpha value is -3.70. The molecule has 0 aliphatic rings. The fraction of sp³-hybridized carbons (Fsp3) is 0.318. The molecule has 0 saturated carbocycles. The molecule has 2 aromatic rings. The van der Waals surface area contributed by atoms with Crippen LogP contribution in [0.3, 0.4) is 0 Å². The fourth-order valence-corrected chi connectivity index (χ4v) is 2.45. The van der Waals surface area contributed by atoms with E-state index in [0.717, 1.165) is 0 Å². The molecular weight excluding hydrogens is 469 g/mol. The van der Waals surface area contributed by atoms with Gasteiger partial charge in [0.05, 0.1) is 6.42 Å². The van der Waals surface area contributed by atoms with Gasteiger partial charge in [-0.05, 0) is 26.3 Å². The predicted molar refractivity (Wildman–Crippen MR) is 106 cm³/mol. The van der Waals surface area contributed by atoms with Gasteiger partial charge >= 0.3 is 18.0 Å². The third-order valence-corrected chi connectivity index (χ3v) is 3.96. The van der Waals surface area contributed by atoms with Gasteiger partial charge in [0.25, 0.3) is 0 Å². The van der Waals surface area contributed by atoms with Crippen molar-refractivity contribution >= 4 is 18.0 Å². The van der Waals surface area contributed by atoms with E-state index < -0.39 is 70.9 Å². The van der Waals surface area contributed by atoms with E-state index in [1.807, 2.05) is 5.32 Å². The van der Waals surface area contributed by atoms with Crippen LogP contribution in [0.15, 0.2) is 30.3 Å². The molecule has 7 nitrogen and oxygen atoms in total. The molecule has 0 radical (unpaired) electrons. The number of rotatable bonds is 7. The molecule has 0 bridgehead atoms. The van der Waals surface area contributed by atoms with Crippen LogP contribution in [0.5, 0.6) is 5.75 Å². The van der Waals surface area contributed by atoms with Gasteiger partial charge in [0.15, 0.2) is 0 Å². The van der Waals surface area contributed by atoms with Crippen molar-refractivity contribution < 1.29 is 50.5 Å². The molecule has 184 valence electrons. The van der Waals surface area contributed by atoms with Gasteiger partial charge in [-0.3, -0.25) is 4.79 Å². The molecule has 0 aromatic heterocycles. The molecule has 0 saturated heterocycles. The van der Waals surface area contributed by atoms with Crippen molar-refractivity contribution in [3.8, 4) is 5.75 Å². The number of carbonyl (C=O) groups excluding carboxylic acids is 3. The molecule has 0 spiro atoms. The highest BCUT2D eigenvalue weighted by Gasteiger charge is 2.33. The van der Waals surface area contributed by atoms with Gasteiger partial charge < -0.3 is 19.5 Å². The summed E-state index contributed by atoms with van der Waals surface area (Å²) in [6, 6.07) is 6.41. The Kier molecular flexibility index (Phi) is 8.55. The maximum absolute atomic E-state index is 13.9. The first-order valence-electron chi connectivity index (χ1n) is 9.72. The number of esters is 2. The summed E-state index contributed by atoms with van der Waals surface area (Å²) < 4.78 is 82.1. The first-order chi connectivity index (χ1) is 15.8. The first-order valence-corrected chi connectivity index (χ1v) is 9.72. The lowest BCUT2D eigenvalue weighted by Gasteiger charge is -2.22. The topological polar surface area (TPSA) is 90.9 Å². The van der Waals surface area contributed by atoms with Crippen LogP contribution in [-0.2, 0) is 25.7 Å². The number of carbonyl (C=O) groups is 3. The van der Waals surface area contributed by atoms with E-state index in [1.165, 1.54) is 20.8 Å². The smallest absolute Gasteiger partial charge is 0.408 e. The van der Waals surface area contributed by atoms with E-state index in [1.54, 1.807) is 30.3 Å². The van der Waals surface area contributed by atoms with E-state index in [0.29, 0.717) is 5.56 Å². The summed E-state index contributed by atoms with van der Waals surface area (Å²) in [6.07, 6.45) is -2.12. The second-order valence-corrected chi connectivity index (χ2v) is 7.87. The fourth-order valence-electron chi connectivity index (χ4n) is 2.45. The summed E-state index contributed by atoms with van der Waals surface area (Å²) >= 11 is 0. The maximum atomic E-state index is 13.9. The van der Waals surface area contributed by atoms with Crippen LogP contribution in [0.1, 0.15) is 32.8 Å². The number of hydrogen-bond acceptors (Lipinski definition) is 6. The van der Waals surface area contributed by atoms with Crippen LogP contribution in [0, 0.1) is 29.1 Å². The Bertz CT molecular complexity index is 1040. The highest BCUT2D eigenvalue weighted by atomic mass is 19.2. The highest BCUT2D eigenvalue weighted by Crippen LogP contribution is 2.29. The maximum Gasteiger partial charge on any atom is 0.408 e. The lowest BCUT2D eigenvalue weighted by Crippen LogP contribution is -2.46. The number of amides is 1. The van der Waals surface area contributed by atoms with Crippen molar-refractivity contribution in [2.24, 2.45) is 0 Å². The molecule has 34 heavy (non-hydrogen) atoms. The predicted octanol–water partition coefficient (Wildman–Crippen LogP) is 4.31. The van der Waals surface area contributed by atoms with Crippen molar-refractivity contribution in [3.05, 3.63) is 65.0 Å². The summed E-state index contributed by atoms with van der Waals surface area (Å²) in [5.41, 5.74) is -0.440. The summed E-state index contributed by atoms with van der Waals surface area (Å²) in [7, 11) is 0. The van der Waals surface area contributed by atoms with Crippen molar-refractivity contribution in [3.63, 3.8) is 0 Å². The van der Waals surface area contributed by atoms with E-state index in [-0.39, 0.29) is 6.61 Å². The zero-order valence-corrected chi connectivity index (χ0v) is 18.2. The van der Waals surface area contributed by atoms with Crippen LogP contribution in [-0.4, -0.2) is 29.7 Å². The molecule has 1 N–H and O–H groups in total. The lowest BCUT2D eigenvalue weighted by atomic mass is 10.2. The Balaban J connectivity index is 2.22. The summed E-state index contributed by atoms with van der Waals surface area (Å²) in [6.45, 7) is 4.26. The normalized spacial score (nSPS) is 12.0. The van der Waals surface area contributed by atoms with Crippen LogP contribution in [0.25, 0.3) is 0 Å². The van der Waals surface area contributed by atoms with Gasteiger partial charge in [-0.25, -0.2) is 22.8 Å². The van der Waals surface area contributed by atoms with Crippen molar-refractivity contribution in [1.82, 2.24) is 5.32 Å². The summed E-state index contributed by atoms with van der Waals surface area (Å²) in [5.74, 6) is -16.6. The van der Waals surface area contributed by atoms with Crippen molar-refractivity contribution in [2.45, 2.75) is 45.4 Å². The van der Waals surface area contributed by atoms with Crippen LogP contribution < -0.4 is 10.1 Å². The van der Waals surface area contributed by atoms with Crippen LogP contribution in [0.2, 0.25) is 0 Å². The Labute approximate surface area is 190 Å². The van der Waals surface area contributed by atoms with Gasteiger partial charge in [-0.1, -0.05) is 30.3 Å². The molecule has 2 rings (SSSR count). The largest absolute Gasteiger partial charge is 0.461 e. The lowest BCUT2D eigenvalue weighted by molar-refractivity contribution is -0.149. The second-order valence-electron chi connectivity index (χ2n) is 7.87. The first kappa shape index (κ1) is 26.6. The zero-order valence-electron chi connectivity index (χ0n) is 18.2. The monoisotopic (exact) mass is 489 g/mol. The molecule has 2 aromatic carbocycles. The van der Waals surface area contributed by atoms with Gasteiger partial charge in [0, 0.05) is 0 Å². The van der Waals surface area contributed by atoms with Crippen LogP contribution >= 0.6 is 0 Å². The average molecular weight is 489 g/mol. The Morgan fingerprint density at radius 3 is 1.94 bits per heavy atom. The SMILES string of the molecule is CC(C)(C)OC(=O)N[C@H](CC(=O)OCc1ccccc1)C(=O)Oc1c(F)c(F)c(F)c(F)c1F. The second kappa shape index (κ2) is 10.9. The number of ether oxygens (including phenoxy) is 3. The van der Waals surface area contributed by atoms with E-state index in [4.69, 9.17) is 9.47 Å². The third-order valence-electron chi connectivity index (χ3n) is 3.96. The van der Waals surface area contributed by atoms with Gasteiger partial charge in [-0.2, -0.15) is 8.78 Å². The number of nitrogens with one attached hydrogen (secondary N) is 1. The van der Waals surface area contributed by atoms with Crippen molar-refractivity contribution in [2.75, 3.05) is 0 Å². The molecular formula is C22H20F5NO6. The molecule has 1 atom stereocenters. The molecule has 0 aliphatic heterocycles. The van der Waals surface area contributed by atoms with E-state index >= 15 is 0 Å².